The third kappa shape index (κ3) is 4.90. The SMILES string of the molecule is CCOCC(=O)/C=C/N1C/C=C/[C@H](O)CC2Cc3c(ccc(OC)c3O2)C1. The van der Waals surface area contributed by atoms with Gasteiger partial charge in [-0.15, -0.1) is 0 Å². The molecule has 1 unspecified atom stereocenters. The molecule has 1 N–H and O–H groups in total. The second kappa shape index (κ2) is 9.06. The van der Waals surface area contributed by atoms with Crippen LogP contribution in [0.25, 0.3) is 0 Å². The van der Waals surface area contributed by atoms with Gasteiger partial charge in [-0.1, -0.05) is 18.2 Å². The van der Waals surface area contributed by atoms with Crippen LogP contribution in [0.1, 0.15) is 24.5 Å². The highest BCUT2D eigenvalue weighted by atomic mass is 16.5. The molecule has 0 aromatic heterocycles. The van der Waals surface area contributed by atoms with Crippen molar-refractivity contribution in [2.45, 2.75) is 38.5 Å². The summed E-state index contributed by atoms with van der Waals surface area (Å²) >= 11 is 0. The molecule has 0 aliphatic carbocycles. The summed E-state index contributed by atoms with van der Waals surface area (Å²) in [5.41, 5.74) is 2.26. The standard InChI is InChI=1S/C21H27NO5/c1-3-26-14-17(24)8-10-22-9-4-5-16(23)11-18-12-19-15(13-22)6-7-20(25-2)21(19)27-18/h4-8,10,16,18,23H,3,9,11-14H2,1-2H3/b5-4+,10-8+/t16-,18?/m0/s1. The first-order valence-corrected chi connectivity index (χ1v) is 9.33. The molecule has 1 aromatic carbocycles. The smallest absolute Gasteiger partial charge is 0.182 e. The number of carbonyl (C=O) groups is 1. The van der Waals surface area contributed by atoms with Gasteiger partial charge in [-0.3, -0.25) is 4.79 Å². The highest BCUT2D eigenvalue weighted by Gasteiger charge is 2.30. The lowest BCUT2D eigenvalue weighted by atomic mass is 10.00. The number of hydrogen-bond acceptors (Lipinski definition) is 6. The third-order valence-electron chi connectivity index (χ3n) is 4.75. The van der Waals surface area contributed by atoms with Crippen molar-refractivity contribution in [2.24, 2.45) is 0 Å². The van der Waals surface area contributed by atoms with Gasteiger partial charge in [0.05, 0.1) is 13.2 Å². The van der Waals surface area contributed by atoms with Gasteiger partial charge in [0.2, 0.25) is 0 Å². The number of rotatable bonds is 6. The summed E-state index contributed by atoms with van der Waals surface area (Å²) in [5, 5.41) is 10.3. The van der Waals surface area contributed by atoms with Gasteiger partial charge in [0.25, 0.3) is 0 Å². The summed E-state index contributed by atoms with van der Waals surface area (Å²) in [6, 6.07) is 3.96. The van der Waals surface area contributed by atoms with Gasteiger partial charge in [-0.2, -0.15) is 0 Å². The lowest BCUT2D eigenvalue weighted by Gasteiger charge is -2.21. The van der Waals surface area contributed by atoms with E-state index in [4.69, 9.17) is 14.2 Å². The molecule has 2 bridgehead atoms. The highest BCUT2D eigenvalue weighted by Crippen LogP contribution is 2.41. The first kappa shape index (κ1) is 19.5. The van der Waals surface area contributed by atoms with Gasteiger partial charge >= 0.3 is 0 Å². The molecule has 146 valence electrons. The van der Waals surface area contributed by atoms with E-state index in [1.165, 1.54) is 0 Å². The Balaban J connectivity index is 1.85. The second-order valence-electron chi connectivity index (χ2n) is 6.76. The Bertz CT molecular complexity index is 728. The van der Waals surface area contributed by atoms with Crippen LogP contribution >= 0.6 is 0 Å². The molecular weight excluding hydrogens is 346 g/mol. The minimum Gasteiger partial charge on any atom is -0.493 e. The van der Waals surface area contributed by atoms with E-state index in [9.17, 15) is 9.90 Å². The van der Waals surface area contributed by atoms with Crippen molar-refractivity contribution >= 4 is 5.78 Å². The Hall–Kier alpha value is -2.31. The monoisotopic (exact) mass is 373 g/mol. The number of aliphatic hydroxyl groups is 1. The van der Waals surface area contributed by atoms with E-state index in [2.05, 4.69) is 0 Å². The Morgan fingerprint density at radius 2 is 2.30 bits per heavy atom. The van der Waals surface area contributed by atoms with Crippen molar-refractivity contribution in [2.75, 3.05) is 26.9 Å². The van der Waals surface area contributed by atoms with Crippen LogP contribution in [-0.2, 0) is 22.5 Å². The van der Waals surface area contributed by atoms with Crippen LogP contribution in [0.3, 0.4) is 0 Å². The van der Waals surface area contributed by atoms with E-state index in [0.29, 0.717) is 31.9 Å². The minimum absolute atomic E-state index is 0.0652. The fourth-order valence-electron chi connectivity index (χ4n) is 3.41. The zero-order chi connectivity index (χ0) is 19.2. The van der Waals surface area contributed by atoms with Gasteiger partial charge < -0.3 is 24.2 Å². The van der Waals surface area contributed by atoms with Crippen LogP contribution in [0.4, 0.5) is 0 Å². The van der Waals surface area contributed by atoms with Crippen LogP contribution in [0, 0.1) is 0 Å². The molecular formula is C21H27NO5. The highest BCUT2D eigenvalue weighted by molar-refractivity contribution is 5.90. The van der Waals surface area contributed by atoms with E-state index in [-0.39, 0.29) is 18.5 Å². The molecule has 2 aliphatic heterocycles. The summed E-state index contributed by atoms with van der Waals surface area (Å²) in [5.74, 6) is 1.42. The molecule has 0 fully saturated rings. The predicted molar refractivity (Wildman–Crippen MR) is 102 cm³/mol. The van der Waals surface area contributed by atoms with Crippen LogP contribution in [0.15, 0.2) is 36.6 Å². The van der Waals surface area contributed by atoms with Gasteiger partial charge in [-0.05, 0) is 24.6 Å². The summed E-state index contributed by atoms with van der Waals surface area (Å²) in [6.07, 6.45) is 7.70. The van der Waals surface area contributed by atoms with Crippen molar-refractivity contribution in [1.29, 1.82) is 0 Å². The van der Waals surface area contributed by atoms with Gasteiger partial charge in [0.1, 0.15) is 12.7 Å². The van der Waals surface area contributed by atoms with E-state index in [1.807, 2.05) is 30.0 Å². The van der Waals surface area contributed by atoms with Crippen LogP contribution in [-0.4, -0.2) is 54.9 Å². The van der Waals surface area contributed by atoms with E-state index < -0.39 is 6.10 Å². The maximum atomic E-state index is 11.9. The van der Waals surface area contributed by atoms with Crippen LogP contribution < -0.4 is 9.47 Å². The topological polar surface area (TPSA) is 68.2 Å². The molecule has 6 nitrogen and oxygen atoms in total. The van der Waals surface area contributed by atoms with Crippen molar-refractivity contribution in [3.63, 3.8) is 0 Å². The first-order valence-electron chi connectivity index (χ1n) is 9.33. The molecule has 2 aliphatic rings. The van der Waals surface area contributed by atoms with Crippen molar-refractivity contribution in [1.82, 2.24) is 4.90 Å². The fourth-order valence-corrected chi connectivity index (χ4v) is 3.41. The molecule has 0 spiro atoms. The number of hydrogen-bond donors (Lipinski definition) is 1. The quantitative estimate of drug-likeness (QED) is 0.609. The van der Waals surface area contributed by atoms with E-state index in [0.717, 1.165) is 23.3 Å². The largest absolute Gasteiger partial charge is 0.493 e. The zero-order valence-electron chi connectivity index (χ0n) is 15.9. The molecule has 6 heteroatoms. The number of fused-ring (bicyclic) bond motifs is 1. The third-order valence-corrected chi connectivity index (χ3v) is 4.75. The summed E-state index contributed by atoms with van der Waals surface area (Å²) in [7, 11) is 1.63. The number of nitrogens with zero attached hydrogens (tertiary/aromatic N) is 1. The molecule has 2 heterocycles. The normalized spacial score (nSPS) is 23.0. The predicted octanol–water partition coefficient (Wildman–Crippen LogP) is 2.24. The molecule has 3 rings (SSSR count). The second-order valence-corrected chi connectivity index (χ2v) is 6.76. The average molecular weight is 373 g/mol. The van der Waals surface area contributed by atoms with E-state index >= 15 is 0 Å². The number of ketones is 1. The Kier molecular flexibility index (Phi) is 6.53. The molecule has 0 saturated carbocycles. The molecule has 27 heavy (non-hydrogen) atoms. The molecule has 1 aromatic rings. The summed E-state index contributed by atoms with van der Waals surface area (Å²) in [4.78, 5) is 13.9. The Labute approximate surface area is 160 Å². The zero-order valence-corrected chi connectivity index (χ0v) is 15.9. The van der Waals surface area contributed by atoms with Gasteiger partial charge in [0, 0.05) is 44.3 Å². The Morgan fingerprint density at radius 1 is 1.44 bits per heavy atom. The average Bonchev–Trinajstić information content (AvgIpc) is 3.06. The van der Waals surface area contributed by atoms with Crippen molar-refractivity contribution in [3.8, 4) is 11.5 Å². The molecule has 0 amide bonds. The lowest BCUT2D eigenvalue weighted by molar-refractivity contribution is -0.118. The summed E-state index contributed by atoms with van der Waals surface area (Å²) in [6.45, 7) is 3.70. The number of carbonyl (C=O) groups excluding carboxylic acids is 1. The molecule has 0 radical (unpaired) electrons. The van der Waals surface area contributed by atoms with Crippen LogP contribution in [0.5, 0.6) is 11.5 Å². The number of methoxy groups -OCH3 is 1. The summed E-state index contributed by atoms with van der Waals surface area (Å²) < 4.78 is 16.7. The fraction of sp³-hybridized carbons (Fsp3) is 0.476. The number of aliphatic hydroxyl groups excluding tert-OH is 1. The van der Waals surface area contributed by atoms with E-state index in [1.54, 1.807) is 25.5 Å². The maximum Gasteiger partial charge on any atom is 0.182 e. The minimum atomic E-state index is -0.567. The first-order chi connectivity index (χ1) is 13.1. The lowest BCUT2D eigenvalue weighted by Crippen LogP contribution is -2.20. The maximum absolute atomic E-state index is 11.9. The van der Waals surface area contributed by atoms with Gasteiger partial charge in [0.15, 0.2) is 17.3 Å². The number of ether oxygens (including phenoxy) is 3. The van der Waals surface area contributed by atoms with Crippen LogP contribution in [0.2, 0.25) is 0 Å². The van der Waals surface area contributed by atoms with Crippen molar-refractivity contribution in [3.05, 3.63) is 47.7 Å². The Morgan fingerprint density at radius 3 is 3.07 bits per heavy atom. The molecule has 2 atom stereocenters. The van der Waals surface area contributed by atoms with Crippen molar-refractivity contribution < 1.29 is 24.1 Å². The number of benzene rings is 1. The molecule has 0 saturated heterocycles. The van der Waals surface area contributed by atoms with Gasteiger partial charge in [-0.25, -0.2) is 0 Å².